The van der Waals surface area contributed by atoms with E-state index < -0.39 is 0 Å². The zero-order chi connectivity index (χ0) is 18.3. The fraction of sp³-hybridized carbons (Fsp3) is 0.273. The maximum absolute atomic E-state index is 4.55. The van der Waals surface area contributed by atoms with Gasteiger partial charge in [0.15, 0.2) is 0 Å². The molecule has 0 saturated carbocycles. The maximum atomic E-state index is 4.55. The van der Waals surface area contributed by atoms with Crippen molar-refractivity contribution in [2.45, 2.75) is 25.8 Å². The van der Waals surface area contributed by atoms with E-state index in [0.29, 0.717) is 5.95 Å². The zero-order valence-electron chi connectivity index (χ0n) is 15.4. The third kappa shape index (κ3) is 4.76. The van der Waals surface area contributed by atoms with E-state index in [1.165, 1.54) is 30.5 Å². The third-order valence-corrected chi connectivity index (χ3v) is 4.82. The Balaban J connectivity index is 1.37. The van der Waals surface area contributed by atoms with Crippen LogP contribution in [0.2, 0.25) is 0 Å². The Morgan fingerprint density at radius 2 is 1.63 bits per heavy atom. The molecule has 0 atom stereocenters. The lowest BCUT2D eigenvalue weighted by atomic mass is 10.1. The van der Waals surface area contributed by atoms with Crippen LogP contribution >= 0.6 is 0 Å². The average Bonchev–Trinajstić information content (AvgIpc) is 2.75. The molecule has 4 rings (SSSR count). The summed E-state index contributed by atoms with van der Waals surface area (Å²) in [6.45, 7) is 3.05. The number of benzene rings is 2. The van der Waals surface area contributed by atoms with Gasteiger partial charge in [-0.15, -0.1) is 0 Å². The predicted molar refractivity (Wildman–Crippen MR) is 112 cm³/mol. The molecule has 5 heteroatoms. The molecule has 1 fully saturated rings. The van der Waals surface area contributed by atoms with Crippen molar-refractivity contribution in [3.63, 3.8) is 0 Å². The molecule has 0 radical (unpaired) electrons. The van der Waals surface area contributed by atoms with Crippen LogP contribution in [0.4, 0.5) is 23.1 Å². The topological polar surface area (TPSA) is 53.1 Å². The number of anilines is 4. The molecule has 27 heavy (non-hydrogen) atoms. The largest absolute Gasteiger partial charge is 0.372 e. The van der Waals surface area contributed by atoms with Crippen LogP contribution < -0.4 is 15.5 Å². The van der Waals surface area contributed by atoms with Gasteiger partial charge in [-0.1, -0.05) is 30.3 Å². The van der Waals surface area contributed by atoms with Crippen LogP contribution in [0.15, 0.2) is 66.9 Å². The van der Waals surface area contributed by atoms with Crippen LogP contribution in [0.1, 0.15) is 24.8 Å². The first-order chi connectivity index (χ1) is 13.4. The van der Waals surface area contributed by atoms with E-state index in [1.807, 2.05) is 24.3 Å². The molecule has 2 N–H and O–H groups in total. The molecule has 0 bridgehead atoms. The Morgan fingerprint density at radius 3 is 2.41 bits per heavy atom. The summed E-state index contributed by atoms with van der Waals surface area (Å²) in [6.07, 6.45) is 5.69. The van der Waals surface area contributed by atoms with Gasteiger partial charge < -0.3 is 15.5 Å². The van der Waals surface area contributed by atoms with Crippen molar-refractivity contribution in [3.8, 4) is 0 Å². The highest BCUT2D eigenvalue weighted by atomic mass is 15.1. The number of aromatic nitrogens is 2. The van der Waals surface area contributed by atoms with E-state index in [1.54, 1.807) is 6.20 Å². The molecule has 0 spiro atoms. The molecule has 138 valence electrons. The highest BCUT2D eigenvalue weighted by Gasteiger charge is 2.10. The summed E-state index contributed by atoms with van der Waals surface area (Å²) >= 11 is 0. The SMILES string of the molecule is c1ccc(CNc2ccnc(Nc3ccc(N4CCCCC4)cc3)n2)cc1. The number of piperidine rings is 1. The van der Waals surface area contributed by atoms with E-state index in [9.17, 15) is 0 Å². The molecule has 5 nitrogen and oxygen atoms in total. The molecule has 3 aromatic rings. The summed E-state index contributed by atoms with van der Waals surface area (Å²) in [5.74, 6) is 1.40. The zero-order valence-corrected chi connectivity index (χ0v) is 15.4. The van der Waals surface area contributed by atoms with E-state index >= 15 is 0 Å². The van der Waals surface area contributed by atoms with Gasteiger partial charge >= 0.3 is 0 Å². The standard InChI is InChI=1S/C22H25N5/c1-3-7-18(8-4-1)17-24-21-13-14-23-22(26-21)25-19-9-11-20(12-10-19)27-15-5-2-6-16-27/h1,3-4,7-14H,2,5-6,15-17H2,(H2,23,24,25,26). The van der Waals surface area contributed by atoms with Gasteiger partial charge in [-0.3, -0.25) is 0 Å². The number of nitrogens with zero attached hydrogens (tertiary/aromatic N) is 3. The Labute approximate surface area is 160 Å². The maximum Gasteiger partial charge on any atom is 0.229 e. The van der Waals surface area contributed by atoms with E-state index in [0.717, 1.165) is 31.1 Å². The monoisotopic (exact) mass is 359 g/mol. The molecule has 0 aliphatic carbocycles. The van der Waals surface area contributed by atoms with Gasteiger partial charge in [0, 0.05) is 37.2 Å². The van der Waals surface area contributed by atoms with Crippen molar-refractivity contribution < 1.29 is 0 Å². The number of rotatable bonds is 6. The first-order valence-corrected chi connectivity index (χ1v) is 9.60. The van der Waals surface area contributed by atoms with Crippen LogP contribution in [-0.4, -0.2) is 23.1 Å². The van der Waals surface area contributed by atoms with Gasteiger partial charge in [0.2, 0.25) is 5.95 Å². The van der Waals surface area contributed by atoms with Crippen LogP contribution in [-0.2, 0) is 6.54 Å². The quantitative estimate of drug-likeness (QED) is 0.661. The first kappa shape index (κ1) is 17.3. The minimum atomic E-state index is 0.596. The molecule has 1 aromatic heterocycles. The highest BCUT2D eigenvalue weighted by molar-refractivity contribution is 5.60. The first-order valence-electron chi connectivity index (χ1n) is 9.60. The molecule has 2 aromatic carbocycles. The van der Waals surface area contributed by atoms with Crippen LogP contribution in [0.5, 0.6) is 0 Å². The summed E-state index contributed by atoms with van der Waals surface area (Å²) in [7, 11) is 0. The number of hydrogen-bond donors (Lipinski definition) is 2. The van der Waals surface area contributed by atoms with Gasteiger partial charge in [0.1, 0.15) is 5.82 Å². The summed E-state index contributed by atoms with van der Waals surface area (Å²) in [5.41, 5.74) is 3.51. The van der Waals surface area contributed by atoms with E-state index in [4.69, 9.17) is 0 Å². The van der Waals surface area contributed by atoms with E-state index in [-0.39, 0.29) is 0 Å². The Hall–Kier alpha value is -3.08. The van der Waals surface area contributed by atoms with Gasteiger partial charge in [0.05, 0.1) is 0 Å². The molecule has 1 aliphatic rings. The summed E-state index contributed by atoms with van der Waals surface area (Å²) in [5, 5.41) is 6.63. The molecule has 0 unspecified atom stereocenters. The van der Waals surface area contributed by atoms with Crippen molar-refractivity contribution in [2.24, 2.45) is 0 Å². The lowest BCUT2D eigenvalue weighted by molar-refractivity contribution is 0.578. The number of hydrogen-bond acceptors (Lipinski definition) is 5. The summed E-state index contributed by atoms with van der Waals surface area (Å²) < 4.78 is 0. The van der Waals surface area contributed by atoms with Gasteiger partial charge in [-0.2, -0.15) is 4.98 Å². The second-order valence-corrected chi connectivity index (χ2v) is 6.82. The highest BCUT2D eigenvalue weighted by Crippen LogP contribution is 2.23. The van der Waals surface area contributed by atoms with Gasteiger partial charge in [0.25, 0.3) is 0 Å². The second kappa shape index (κ2) is 8.54. The normalized spacial score (nSPS) is 14.0. The Kier molecular flexibility index (Phi) is 5.48. The van der Waals surface area contributed by atoms with E-state index in [2.05, 4.69) is 61.9 Å². The Morgan fingerprint density at radius 1 is 0.852 bits per heavy atom. The molecular formula is C22H25N5. The molecule has 1 aliphatic heterocycles. The van der Waals surface area contributed by atoms with Crippen LogP contribution in [0.3, 0.4) is 0 Å². The van der Waals surface area contributed by atoms with Crippen molar-refractivity contribution in [1.82, 2.24) is 9.97 Å². The smallest absolute Gasteiger partial charge is 0.229 e. The van der Waals surface area contributed by atoms with Gasteiger partial charge in [-0.25, -0.2) is 4.98 Å². The fourth-order valence-electron chi connectivity index (χ4n) is 3.34. The molecule has 0 amide bonds. The van der Waals surface area contributed by atoms with Crippen molar-refractivity contribution in [3.05, 3.63) is 72.4 Å². The summed E-state index contributed by atoms with van der Waals surface area (Å²) in [4.78, 5) is 11.3. The fourth-order valence-corrected chi connectivity index (χ4v) is 3.34. The molecular weight excluding hydrogens is 334 g/mol. The lowest BCUT2D eigenvalue weighted by Crippen LogP contribution is -2.29. The minimum absolute atomic E-state index is 0.596. The lowest BCUT2D eigenvalue weighted by Gasteiger charge is -2.28. The number of nitrogens with one attached hydrogen (secondary N) is 2. The van der Waals surface area contributed by atoms with Crippen LogP contribution in [0.25, 0.3) is 0 Å². The minimum Gasteiger partial charge on any atom is -0.372 e. The van der Waals surface area contributed by atoms with Crippen molar-refractivity contribution in [1.29, 1.82) is 0 Å². The predicted octanol–water partition coefficient (Wildman–Crippen LogP) is 4.82. The Bertz CT molecular complexity index is 842. The van der Waals surface area contributed by atoms with Gasteiger partial charge in [-0.05, 0) is 55.2 Å². The third-order valence-electron chi connectivity index (χ3n) is 4.82. The molecule has 2 heterocycles. The van der Waals surface area contributed by atoms with Crippen molar-refractivity contribution >= 4 is 23.1 Å². The van der Waals surface area contributed by atoms with Crippen molar-refractivity contribution in [2.75, 3.05) is 28.6 Å². The average molecular weight is 359 g/mol. The summed E-state index contributed by atoms with van der Waals surface area (Å²) in [6, 6.07) is 20.7. The molecule has 1 saturated heterocycles. The van der Waals surface area contributed by atoms with Crippen LogP contribution in [0, 0.1) is 0 Å². The second-order valence-electron chi connectivity index (χ2n) is 6.82.